The van der Waals surface area contributed by atoms with Gasteiger partial charge in [-0.1, -0.05) is 32.8 Å². The molecule has 0 fully saturated rings. The van der Waals surface area contributed by atoms with E-state index in [1.54, 1.807) is 0 Å². The smallest absolute Gasteiger partial charge is 0.0139 e. The maximum atomic E-state index is 2.33. The maximum absolute atomic E-state index is 2.33. The zero-order valence-electron chi connectivity index (χ0n) is 21.7. The first kappa shape index (κ1) is 31.7. The molecule has 0 unspecified atom stereocenters. The van der Waals surface area contributed by atoms with Crippen LogP contribution in [0.1, 0.15) is 44.5 Å². The normalized spacial score (nSPS) is 10.8. The molecule has 0 atom stereocenters. The molecule has 0 aliphatic carbocycles. The van der Waals surface area contributed by atoms with Gasteiger partial charge in [0.1, 0.15) is 0 Å². The van der Waals surface area contributed by atoms with Gasteiger partial charge < -0.3 is 0 Å². The van der Waals surface area contributed by atoms with Crippen LogP contribution in [-0.2, 0) is 16.8 Å². The van der Waals surface area contributed by atoms with Crippen LogP contribution in [0.2, 0.25) is 0 Å². The number of hydrogen-bond donors (Lipinski definition) is 0. The van der Waals surface area contributed by atoms with Crippen molar-refractivity contribution in [2.75, 3.05) is 0 Å². The van der Waals surface area contributed by atoms with E-state index in [2.05, 4.69) is 103 Å². The molecule has 4 aromatic heterocycles. The largest absolute Gasteiger partial charge is 0.0672 e. The minimum atomic E-state index is 0. The van der Waals surface area contributed by atoms with E-state index in [-0.39, 0.29) is 35.6 Å². The van der Waals surface area contributed by atoms with Crippen molar-refractivity contribution in [1.82, 2.24) is 0 Å². The van der Waals surface area contributed by atoms with E-state index in [4.69, 9.17) is 0 Å². The Morgan fingerprint density at radius 2 is 0.529 bits per heavy atom. The summed E-state index contributed by atoms with van der Waals surface area (Å²) in [5, 5.41) is 5.81. The number of rotatable bonds is 2. The van der Waals surface area contributed by atoms with Gasteiger partial charge in [-0.05, 0) is 147 Å². The third-order valence-corrected chi connectivity index (χ3v) is 11.0. The van der Waals surface area contributed by atoms with E-state index in [1.165, 1.54) is 98.5 Å². The average molecular weight is 558 g/mol. The fourth-order valence-corrected chi connectivity index (χ4v) is 7.76. The van der Waals surface area contributed by atoms with Gasteiger partial charge >= 0.3 is 0 Å². The molecule has 4 aromatic rings. The van der Waals surface area contributed by atoms with Crippen LogP contribution >= 0.6 is 32.8 Å². The molecule has 0 nitrogen and oxygen atoms in total. The van der Waals surface area contributed by atoms with Crippen LogP contribution in [0.25, 0.3) is 21.2 Å². The molecule has 0 aliphatic rings. The first-order chi connectivity index (χ1) is 15.2. The second-order valence-corrected chi connectivity index (χ2v) is 12.6. The maximum Gasteiger partial charge on any atom is 0.0139 e. The van der Waals surface area contributed by atoms with Crippen LogP contribution in [-0.4, -0.2) is 18.9 Å². The first-order valence-electron chi connectivity index (χ1n) is 10.9. The van der Waals surface area contributed by atoms with Crippen molar-refractivity contribution >= 4 is 51.6 Å². The van der Waals surface area contributed by atoms with Crippen molar-refractivity contribution in [3.8, 4) is 21.2 Å². The van der Waals surface area contributed by atoms with Crippen LogP contribution in [0, 0.1) is 55.4 Å². The third kappa shape index (κ3) is 8.38. The molecule has 0 saturated carbocycles. The second-order valence-electron chi connectivity index (χ2n) is 8.62. The molecule has 0 aliphatic heterocycles. The Hall–Kier alpha value is -0.296. The van der Waals surface area contributed by atoms with E-state index < -0.39 is 0 Å². The van der Waals surface area contributed by atoms with Gasteiger partial charge in [0.25, 0.3) is 0 Å². The van der Waals surface area contributed by atoms with Crippen LogP contribution < -0.4 is 0 Å². The Bertz CT molecular complexity index is 1070. The molecule has 4 rings (SSSR count). The van der Waals surface area contributed by atoms with Crippen molar-refractivity contribution in [2.45, 2.75) is 55.4 Å². The summed E-state index contributed by atoms with van der Waals surface area (Å²) in [6.07, 6.45) is 0. The summed E-state index contributed by atoms with van der Waals surface area (Å²) in [4.78, 5) is 0. The predicted octanol–water partition coefficient (Wildman–Crippen LogP) is 11.1. The Morgan fingerprint density at radius 1 is 0.353 bits per heavy atom. The zero-order valence-corrected chi connectivity index (χ0v) is 26.4. The van der Waals surface area contributed by atoms with Gasteiger partial charge in [0.15, 0.2) is 0 Å². The van der Waals surface area contributed by atoms with Crippen LogP contribution in [0.5, 0.6) is 0 Å². The molecule has 0 saturated heterocycles. The zero-order chi connectivity index (χ0) is 23.4. The van der Waals surface area contributed by atoms with Gasteiger partial charge in [-0.2, -0.15) is 0 Å². The summed E-state index contributed by atoms with van der Waals surface area (Å²) in [7, 11) is 5.35. The van der Waals surface area contributed by atoms with E-state index >= 15 is 0 Å². The molecule has 0 N–H and O–H groups in total. The van der Waals surface area contributed by atoms with E-state index in [9.17, 15) is 0 Å². The van der Waals surface area contributed by atoms with Crippen molar-refractivity contribution in [3.05, 3.63) is 92.0 Å². The average Bonchev–Trinajstić information content (AvgIpc) is 2.76. The standard InChI is InChI=1S/2C14H16P2.Co.Li/c2*1-9-5-13(15-7-11(9)3)14-6-10(2)12(4)8-16-14;;/h2*5-8H,1-4H3;;. The van der Waals surface area contributed by atoms with Gasteiger partial charge in [0.05, 0.1) is 0 Å². The van der Waals surface area contributed by atoms with Crippen molar-refractivity contribution in [3.63, 3.8) is 0 Å². The van der Waals surface area contributed by atoms with Crippen LogP contribution in [0.4, 0.5) is 0 Å². The van der Waals surface area contributed by atoms with Crippen LogP contribution in [0.3, 0.4) is 0 Å². The molecular formula is C28H32CoLiP4. The summed E-state index contributed by atoms with van der Waals surface area (Å²) in [5.41, 5.74) is 11.2. The number of hydrogen-bond acceptors (Lipinski definition) is 0. The quantitative estimate of drug-likeness (QED) is 0.215. The molecule has 0 aromatic carbocycles. The van der Waals surface area contributed by atoms with Gasteiger partial charge in [-0.25, -0.2) is 0 Å². The summed E-state index contributed by atoms with van der Waals surface area (Å²) in [6, 6.07) is 9.32. The molecule has 174 valence electrons. The summed E-state index contributed by atoms with van der Waals surface area (Å²) in [6.45, 7) is 17.5. The number of aryl methyl sites for hydroxylation is 8. The second kappa shape index (κ2) is 14.4. The van der Waals surface area contributed by atoms with Gasteiger partial charge in [-0.3, -0.25) is 0 Å². The van der Waals surface area contributed by atoms with E-state index in [0.29, 0.717) is 0 Å². The third-order valence-electron chi connectivity index (χ3n) is 6.01. The molecule has 2 radical (unpaired) electrons. The fraction of sp³-hybridized carbons (Fsp3) is 0.286. The first-order valence-corrected chi connectivity index (χ1v) is 14.7. The van der Waals surface area contributed by atoms with Gasteiger partial charge in [-0.15, -0.1) is 0 Å². The van der Waals surface area contributed by atoms with E-state index in [0.717, 1.165) is 0 Å². The van der Waals surface area contributed by atoms with Gasteiger partial charge in [0.2, 0.25) is 0 Å². The topological polar surface area (TPSA) is 0 Å². The minimum absolute atomic E-state index is 0. The molecule has 0 spiro atoms. The van der Waals surface area contributed by atoms with Gasteiger partial charge in [0, 0.05) is 56.8 Å². The molecule has 34 heavy (non-hydrogen) atoms. The van der Waals surface area contributed by atoms with Crippen molar-refractivity contribution in [1.29, 1.82) is 0 Å². The Morgan fingerprint density at radius 3 is 0.676 bits per heavy atom. The predicted molar refractivity (Wildman–Crippen MR) is 157 cm³/mol. The Kier molecular flexibility index (Phi) is 13.5. The summed E-state index contributed by atoms with van der Waals surface area (Å²) < 4.78 is 0. The molecule has 0 bridgehead atoms. The Balaban J connectivity index is 0.000000321. The van der Waals surface area contributed by atoms with Crippen molar-refractivity contribution < 1.29 is 16.8 Å². The van der Waals surface area contributed by atoms with Crippen LogP contribution in [0.15, 0.2) is 47.5 Å². The molecule has 6 heteroatoms. The fourth-order valence-electron chi connectivity index (χ4n) is 3.06. The molecule has 4 heterocycles. The molecular weight excluding hydrogens is 526 g/mol. The SMILES string of the molecule is Cc1cpc(-c2cc(C)c(C)cp2)cc1C.Cc1cpc(-c2cc(C)c(C)cp2)cc1C.[Co].[Li]. The van der Waals surface area contributed by atoms with E-state index in [1.807, 2.05) is 0 Å². The minimum Gasteiger partial charge on any atom is -0.0672 e. The summed E-state index contributed by atoms with van der Waals surface area (Å²) in [5.74, 6) is 9.23. The molecule has 0 amide bonds. The Labute approximate surface area is 235 Å². The monoisotopic (exact) mass is 558 g/mol. The summed E-state index contributed by atoms with van der Waals surface area (Å²) >= 11 is 0. The van der Waals surface area contributed by atoms with Crippen molar-refractivity contribution in [2.24, 2.45) is 0 Å².